The van der Waals surface area contributed by atoms with Crippen molar-refractivity contribution >= 4 is 17.2 Å². The molecular weight excluding hydrogens is 186 g/mol. The lowest BCUT2D eigenvalue weighted by Gasteiger charge is -2.08. The number of carbonyl (C=O) groups is 1. The highest BCUT2D eigenvalue weighted by Gasteiger charge is 2.14. The fourth-order valence-corrected chi connectivity index (χ4v) is 1.98. The number of hydrogen-bond acceptors (Lipinski definition) is 4. The van der Waals surface area contributed by atoms with Gasteiger partial charge >= 0.3 is 0 Å². The van der Waals surface area contributed by atoms with E-state index < -0.39 is 6.04 Å². The summed E-state index contributed by atoms with van der Waals surface area (Å²) in [6.45, 7) is 2.00. The predicted octanol–water partition coefficient (Wildman–Crippen LogP) is -0.0838. The Hall–Kier alpha value is -0.910. The Labute approximate surface area is 80.9 Å². The molecule has 5 heteroatoms. The molecule has 0 aliphatic rings. The third kappa shape index (κ3) is 2.51. The van der Waals surface area contributed by atoms with Crippen molar-refractivity contribution in [2.45, 2.75) is 19.4 Å². The number of rotatable bonds is 3. The summed E-state index contributed by atoms with van der Waals surface area (Å²) in [6.07, 6.45) is 0.548. The quantitative estimate of drug-likeness (QED) is 0.362. The molecule has 0 saturated heterocycles. The Morgan fingerprint density at radius 2 is 2.46 bits per heavy atom. The highest BCUT2D eigenvalue weighted by molar-refractivity contribution is 7.10. The predicted molar refractivity (Wildman–Crippen MR) is 53.1 cm³/mol. The summed E-state index contributed by atoms with van der Waals surface area (Å²) in [5.74, 6) is 4.64. The Kier molecular flexibility index (Phi) is 3.41. The van der Waals surface area contributed by atoms with Crippen molar-refractivity contribution in [2.75, 3.05) is 0 Å². The minimum atomic E-state index is -0.553. The minimum Gasteiger partial charge on any atom is -0.320 e. The van der Waals surface area contributed by atoms with E-state index in [-0.39, 0.29) is 5.91 Å². The monoisotopic (exact) mass is 199 g/mol. The van der Waals surface area contributed by atoms with Gasteiger partial charge in [0.25, 0.3) is 5.91 Å². The SMILES string of the molecule is Cc1ccsc1CC(N)C(=O)NN. The van der Waals surface area contributed by atoms with E-state index in [2.05, 4.69) is 0 Å². The first-order valence-electron chi connectivity index (χ1n) is 3.94. The van der Waals surface area contributed by atoms with Gasteiger partial charge in [0.15, 0.2) is 0 Å². The Morgan fingerprint density at radius 1 is 1.77 bits per heavy atom. The number of nitrogens with one attached hydrogen (secondary N) is 1. The highest BCUT2D eigenvalue weighted by Crippen LogP contribution is 2.16. The normalized spacial score (nSPS) is 12.5. The van der Waals surface area contributed by atoms with Crippen molar-refractivity contribution in [1.29, 1.82) is 0 Å². The summed E-state index contributed by atoms with van der Waals surface area (Å²) >= 11 is 1.60. The molecule has 0 aliphatic carbocycles. The molecule has 1 rings (SSSR count). The summed E-state index contributed by atoms with van der Waals surface area (Å²) in [5, 5.41) is 1.98. The number of amides is 1. The van der Waals surface area contributed by atoms with Gasteiger partial charge in [0.05, 0.1) is 6.04 Å². The first-order valence-corrected chi connectivity index (χ1v) is 4.82. The van der Waals surface area contributed by atoms with Crippen LogP contribution in [-0.2, 0) is 11.2 Å². The molecule has 0 spiro atoms. The molecule has 1 unspecified atom stereocenters. The topological polar surface area (TPSA) is 81.1 Å². The zero-order chi connectivity index (χ0) is 9.84. The highest BCUT2D eigenvalue weighted by atomic mass is 32.1. The van der Waals surface area contributed by atoms with Crippen molar-refractivity contribution in [3.05, 3.63) is 21.9 Å². The Balaban J connectivity index is 2.59. The second-order valence-electron chi connectivity index (χ2n) is 2.85. The van der Waals surface area contributed by atoms with Gasteiger partial charge in [-0.1, -0.05) is 0 Å². The second-order valence-corrected chi connectivity index (χ2v) is 3.85. The van der Waals surface area contributed by atoms with Crippen molar-refractivity contribution in [3.63, 3.8) is 0 Å². The third-order valence-corrected chi connectivity index (χ3v) is 2.90. The van der Waals surface area contributed by atoms with Crippen LogP contribution >= 0.6 is 11.3 Å². The molecule has 1 heterocycles. The minimum absolute atomic E-state index is 0.326. The van der Waals surface area contributed by atoms with E-state index in [0.29, 0.717) is 6.42 Å². The zero-order valence-corrected chi connectivity index (χ0v) is 8.23. The van der Waals surface area contributed by atoms with Crippen LogP contribution in [0, 0.1) is 6.92 Å². The zero-order valence-electron chi connectivity index (χ0n) is 7.41. The summed E-state index contributed by atoms with van der Waals surface area (Å²) in [7, 11) is 0. The van der Waals surface area contributed by atoms with E-state index in [1.54, 1.807) is 11.3 Å². The molecule has 4 nitrogen and oxygen atoms in total. The molecule has 1 atom stereocenters. The molecule has 13 heavy (non-hydrogen) atoms. The Morgan fingerprint density at radius 3 is 2.92 bits per heavy atom. The van der Waals surface area contributed by atoms with Crippen LogP contribution in [-0.4, -0.2) is 11.9 Å². The molecular formula is C8H13N3OS. The van der Waals surface area contributed by atoms with Crippen molar-refractivity contribution in [3.8, 4) is 0 Å². The number of hydrazine groups is 1. The number of nitrogens with two attached hydrogens (primary N) is 2. The van der Waals surface area contributed by atoms with Crippen LogP contribution in [0.3, 0.4) is 0 Å². The molecule has 1 aromatic rings. The summed E-state index contributed by atoms with van der Waals surface area (Å²) < 4.78 is 0. The van der Waals surface area contributed by atoms with Crippen molar-refractivity contribution < 1.29 is 4.79 Å². The first-order chi connectivity index (χ1) is 6.15. The molecule has 0 aliphatic heterocycles. The molecule has 5 N–H and O–H groups in total. The van der Waals surface area contributed by atoms with Crippen LogP contribution in [0.4, 0.5) is 0 Å². The summed E-state index contributed by atoms with van der Waals surface area (Å²) in [6, 6.07) is 1.45. The van der Waals surface area contributed by atoms with E-state index in [0.717, 1.165) is 4.88 Å². The van der Waals surface area contributed by atoms with E-state index >= 15 is 0 Å². The fourth-order valence-electron chi connectivity index (χ4n) is 1.01. The number of thiophene rings is 1. The van der Waals surface area contributed by atoms with E-state index in [1.165, 1.54) is 5.56 Å². The lowest BCUT2D eigenvalue weighted by atomic mass is 10.1. The van der Waals surface area contributed by atoms with Crippen LogP contribution in [0.25, 0.3) is 0 Å². The van der Waals surface area contributed by atoms with E-state index in [4.69, 9.17) is 11.6 Å². The number of carbonyl (C=O) groups excluding carboxylic acids is 1. The lowest BCUT2D eigenvalue weighted by Crippen LogP contribution is -2.45. The molecule has 0 saturated carbocycles. The van der Waals surface area contributed by atoms with Crippen LogP contribution in [0.15, 0.2) is 11.4 Å². The van der Waals surface area contributed by atoms with Gasteiger partial charge in [-0.25, -0.2) is 5.84 Å². The van der Waals surface area contributed by atoms with Gasteiger partial charge in [-0.15, -0.1) is 11.3 Å². The van der Waals surface area contributed by atoms with Gasteiger partial charge in [0.2, 0.25) is 0 Å². The average Bonchev–Trinajstić information content (AvgIpc) is 2.50. The standard InChI is InChI=1S/C8H13N3OS/c1-5-2-3-13-7(5)4-6(9)8(12)11-10/h2-3,6H,4,9-10H2,1H3,(H,11,12). The summed E-state index contributed by atoms with van der Waals surface area (Å²) in [5.41, 5.74) is 8.81. The molecule has 1 amide bonds. The van der Waals surface area contributed by atoms with Gasteiger partial charge in [0, 0.05) is 11.3 Å². The molecule has 72 valence electrons. The molecule has 0 aromatic carbocycles. The van der Waals surface area contributed by atoms with Gasteiger partial charge in [0.1, 0.15) is 0 Å². The van der Waals surface area contributed by atoms with Crippen LogP contribution in [0.2, 0.25) is 0 Å². The van der Waals surface area contributed by atoms with Gasteiger partial charge in [-0.05, 0) is 23.9 Å². The maximum atomic E-state index is 11.0. The Bertz CT molecular complexity index is 297. The van der Waals surface area contributed by atoms with E-state index in [9.17, 15) is 4.79 Å². The second kappa shape index (κ2) is 4.36. The molecule has 0 radical (unpaired) electrons. The van der Waals surface area contributed by atoms with Gasteiger partial charge in [-0.2, -0.15) is 0 Å². The van der Waals surface area contributed by atoms with Crippen LogP contribution in [0.1, 0.15) is 10.4 Å². The number of hydrogen-bond donors (Lipinski definition) is 3. The van der Waals surface area contributed by atoms with Crippen molar-refractivity contribution in [1.82, 2.24) is 5.43 Å². The molecule has 1 aromatic heterocycles. The first kappa shape index (κ1) is 10.2. The number of aryl methyl sites for hydroxylation is 1. The van der Waals surface area contributed by atoms with Crippen molar-refractivity contribution in [2.24, 2.45) is 11.6 Å². The third-order valence-electron chi connectivity index (χ3n) is 1.85. The maximum Gasteiger partial charge on any atom is 0.251 e. The molecule has 0 fully saturated rings. The van der Waals surface area contributed by atoms with E-state index in [1.807, 2.05) is 23.8 Å². The molecule has 0 bridgehead atoms. The smallest absolute Gasteiger partial charge is 0.251 e. The van der Waals surface area contributed by atoms with Crippen LogP contribution < -0.4 is 17.0 Å². The average molecular weight is 199 g/mol. The lowest BCUT2D eigenvalue weighted by molar-refractivity contribution is -0.122. The largest absolute Gasteiger partial charge is 0.320 e. The van der Waals surface area contributed by atoms with Gasteiger partial charge in [-0.3, -0.25) is 10.2 Å². The summed E-state index contributed by atoms with van der Waals surface area (Å²) in [4.78, 5) is 12.1. The van der Waals surface area contributed by atoms with Gasteiger partial charge < -0.3 is 5.73 Å². The van der Waals surface area contributed by atoms with Crippen LogP contribution in [0.5, 0.6) is 0 Å². The maximum absolute atomic E-state index is 11.0. The fraction of sp³-hybridized carbons (Fsp3) is 0.375.